The molecule has 0 radical (unpaired) electrons. The predicted octanol–water partition coefficient (Wildman–Crippen LogP) is 2.71. The molecule has 25 heavy (non-hydrogen) atoms. The molecule has 5 nitrogen and oxygen atoms in total. The largest absolute Gasteiger partial charge is 0.468 e. The highest BCUT2D eigenvalue weighted by Gasteiger charge is 2.46. The van der Waals surface area contributed by atoms with Gasteiger partial charge in [-0.15, -0.1) is 0 Å². The maximum Gasteiger partial charge on any atom is 0.323 e. The Labute approximate surface area is 145 Å². The van der Waals surface area contributed by atoms with Crippen molar-refractivity contribution in [1.29, 1.82) is 0 Å². The first kappa shape index (κ1) is 17.8. The van der Waals surface area contributed by atoms with Gasteiger partial charge in [-0.25, -0.2) is 8.78 Å². The molecule has 0 aromatic heterocycles. The Hall–Kier alpha value is -2.02. The van der Waals surface area contributed by atoms with E-state index in [2.05, 4.69) is 5.32 Å². The molecule has 1 aliphatic carbocycles. The molecule has 1 aromatic carbocycles. The molecule has 2 aliphatic rings. The van der Waals surface area contributed by atoms with Crippen LogP contribution in [0.4, 0.5) is 14.5 Å². The minimum atomic E-state index is -1.02. The molecule has 3 rings (SSSR count). The summed E-state index contributed by atoms with van der Waals surface area (Å²) in [4.78, 5) is 26.4. The van der Waals surface area contributed by atoms with Gasteiger partial charge >= 0.3 is 5.97 Å². The van der Waals surface area contributed by atoms with E-state index in [9.17, 15) is 18.4 Å². The number of carbonyl (C=O) groups is 2. The Morgan fingerprint density at radius 1 is 1.24 bits per heavy atom. The van der Waals surface area contributed by atoms with Gasteiger partial charge in [0.2, 0.25) is 5.91 Å². The Balaban J connectivity index is 1.70. The summed E-state index contributed by atoms with van der Waals surface area (Å²) in [5, 5.41) is 2.57. The maximum atomic E-state index is 13.3. The van der Waals surface area contributed by atoms with Crippen LogP contribution in [0.5, 0.6) is 0 Å². The summed E-state index contributed by atoms with van der Waals surface area (Å²) in [6, 6.07) is 2.98. The van der Waals surface area contributed by atoms with Gasteiger partial charge < -0.3 is 10.1 Å². The van der Waals surface area contributed by atoms with Gasteiger partial charge in [-0.05, 0) is 37.3 Å². The van der Waals surface area contributed by atoms with Crippen molar-refractivity contribution in [2.45, 2.75) is 44.2 Å². The van der Waals surface area contributed by atoms with Crippen LogP contribution >= 0.6 is 0 Å². The van der Waals surface area contributed by atoms with Crippen LogP contribution < -0.4 is 5.32 Å². The van der Waals surface area contributed by atoms with Gasteiger partial charge in [0.05, 0.1) is 13.7 Å². The fourth-order valence-electron chi connectivity index (χ4n) is 4.09. The molecule has 7 heteroatoms. The van der Waals surface area contributed by atoms with Crippen molar-refractivity contribution in [1.82, 2.24) is 4.90 Å². The van der Waals surface area contributed by atoms with Crippen molar-refractivity contribution in [3.05, 3.63) is 29.8 Å². The summed E-state index contributed by atoms with van der Waals surface area (Å²) >= 11 is 0. The number of benzene rings is 1. The van der Waals surface area contributed by atoms with Crippen molar-refractivity contribution in [3.8, 4) is 0 Å². The van der Waals surface area contributed by atoms with Crippen molar-refractivity contribution >= 4 is 17.6 Å². The standard InChI is InChI=1S/C18H22F2N2O3/c1-25-18(24)16-8-11-4-2-3-5-15(11)22(16)10-17(23)21-12-6-7-13(19)14(20)9-12/h6-7,9,11,15-16H,2-5,8,10H2,1H3,(H,21,23)/t11-,15-,16-/m0/s1. The summed E-state index contributed by atoms with van der Waals surface area (Å²) in [7, 11) is 1.35. The lowest BCUT2D eigenvalue weighted by atomic mass is 9.85. The number of halogens is 2. The third-order valence-electron chi connectivity index (χ3n) is 5.22. The van der Waals surface area contributed by atoms with Gasteiger partial charge in [0.15, 0.2) is 11.6 Å². The fraction of sp³-hybridized carbons (Fsp3) is 0.556. The van der Waals surface area contributed by atoms with E-state index >= 15 is 0 Å². The topological polar surface area (TPSA) is 58.6 Å². The number of nitrogens with zero attached hydrogens (tertiary/aromatic N) is 1. The Morgan fingerprint density at radius 3 is 2.72 bits per heavy atom. The average Bonchev–Trinajstić information content (AvgIpc) is 2.96. The number of amides is 1. The second-order valence-electron chi connectivity index (χ2n) is 6.74. The first-order valence-corrected chi connectivity index (χ1v) is 8.58. The molecule has 1 saturated carbocycles. The van der Waals surface area contributed by atoms with Crippen LogP contribution in [-0.4, -0.2) is 42.5 Å². The lowest BCUT2D eigenvalue weighted by Crippen LogP contribution is -2.46. The van der Waals surface area contributed by atoms with E-state index in [1.165, 1.54) is 13.2 Å². The van der Waals surface area contributed by atoms with Gasteiger partial charge in [0, 0.05) is 17.8 Å². The van der Waals surface area contributed by atoms with E-state index in [4.69, 9.17) is 4.74 Å². The zero-order chi connectivity index (χ0) is 18.0. The molecule has 2 fully saturated rings. The van der Waals surface area contributed by atoms with Crippen LogP contribution in [0.3, 0.4) is 0 Å². The van der Waals surface area contributed by atoms with Gasteiger partial charge in [0.1, 0.15) is 6.04 Å². The predicted molar refractivity (Wildman–Crippen MR) is 87.9 cm³/mol. The molecular formula is C18H22F2N2O3. The van der Waals surface area contributed by atoms with Crippen molar-refractivity contribution in [3.63, 3.8) is 0 Å². The minimum absolute atomic E-state index is 0.0277. The van der Waals surface area contributed by atoms with E-state index in [0.717, 1.165) is 37.8 Å². The summed E-state index contributed by atoms with van der Waals surface area (Å²) in [5.74, 6) is -2.26. The number of hydrogen-bond donors (Lipinski definition) is 1. The van der Waals surface area contributed by atoms with E-state index < -0.39 is 17.7 Å². The zero-order valence-electron chi connectivity index (χ0n) is 14.1. The molecule has 0 unspecified atom stereocenters. The summed E-state index contributed by atoms with van der Waals surface area (Å²) in [6.07, 6.45) is 4.94. The number of likely N-dealkylation sites (tertiary alicyclic amines) is 1. The number of hydrogen-bond acceptors (Lipinski definition) is 4. The highest BCUT2D eigenvalue weighted by atomic mass is 19.2. The Bertz CT molecular complexity index is 668. The molecular weight excluding hydrogens is 330 g/mol. The Morgan fingerprint density at radius 2 is 2.00 bits per heavy atom. The average molecular weight is 352 g/mol. The number of methoxy groups -OCH3 is 1. The van der Waals surface area contributed by atoms with Gasteiger partial charge in [0.25, 0.3) is 0 Å². The minimum Gasteiger partial charge on any atom is -0.468 e. The van der Waals surface area contributed by atoms with Crippen LogP contribution in [0.25, 0.3) is 0 Å². The molecule has 0 bridgehead atoms. The second-order valence-corrected chi connectivity index (χ2v) is 6.74. The first-order valence-electron chi connectivity index (χ1n) is 8.58. The number of rotatable bonds is 4. The molecule has 1 aliphatic heterocycles. The van der Waals surface area contributed by atoms with Crippen LogP contribution in [-0.2, 0) is 14.3 Å². The van der Waals surface area contributed by atoms with Crippen LogP contribution in [0, 0.1) is 17.6 Å². The summed E-state index contributed by atoms with van der Waals surface area (Å²) in [6.45, 7) is 0.0277. The molecule has 1 amide bonds. The molecule has 1 heterocycles. The Kier molecular flexibility index (Phi) is 5.32. The van der Waals surface area contributed by atoms with Crippen molar-refractivity contribution < 1.29 is 23.1 Å². The van der Waals surface area contributed by atoms with E-state index in [1.807, 2.05) is 4.90 Å². The first-order chi connectivity index (χ1) is 12.0. The zero-order valence-corrected chi connectivity index (χ0v) is 14.1. The molecule has 136 valence electrons. The maximum absolute atomic E-state index is 13.3. The van der Waals surface area contributed by atoms with E-state index in [-0.39, 0.29) is 30.2 Å². The molecule has 1 aromatic rings. The molecule has 3 atom stereocenters. The highest BCUT2D eigenvalue weighted by molar-refractivity contribution is 5.92. The number of nitrogens with one attached hydrogen (secondary N) is 1. The third-order valence-corrected chi connectivity index (χ3v) is 5.22. The highest BCUT2D eigenvalue weighted by Crippen LogP contribution is 2.39. The van der Waals surface area contributed by atoms with Crippen molar-refractivity contribution in [2.75, 3.05) is 19.0 Å². The lowest BCUT2D eigenvalue weighted by Gasteiger charge is -2.32. The monoisotopic (exact) mass is 352 g/mol. The molecule has 1 N–H and O–H groups in total. The number of ether oxygens (including phenoxy) is 1. The fourth-order valence-corrected chi connectivity index (χ4v) is 4.09. The van der Waals surface area contributed by atoms with Crippen LogP contribution in [0.2, 0.25) is 0 Å². The third kappa shape index (κ3) is 3.81. The smallest absolute Gasteiger partial charge is 0.323 e. The van der Waals surface area contributed by atoms with Crippen LogP contribution in [0.15, 0.2) is 18.2 Å². The number of fused-ring (bicyclic) bond motifs is 1. The SMILES string of the molecule is COC(=O)[C@@H]1C[C@@H]2CCCC[C@@H]2N1CC(=O)Nc1ccc(F)c(F)c1. The summed E-state index contributed by atoms with van der Waals surface area (Å²) in [5.41, 5.74) is 0.193. The molecule has 1 saturated heterocycles. The van der Waals surface area contributed by atoms with E-state index in [1.54, 1.807) is 0 Å². The van der Waals surface area contributed by atoms with Gasteiger partial charge in [-0.1, -0.05) is 12.8 Å². The normalized spacial score (nSPS) is 26.1. The van der Waals surface area contributed by atoms with Crippen LogP contribution in [0.1, 0.15) is 32.1 Å². The van der Waals surface area contributed by atoms with Gasteiger partial charge in [-0.2, -0.15) is 0 Å². The number of esters is 1. The second kappa shape index (κ2) is 7.47. The van der Waals surface area contributed by atoms with Crippen molar-refractivity contribution in [2.24, 2.45) is 5.92 Å². The van der Waals surface area contributed by atoms with E-state index in [0.29, 0.717) is 12.3 Å². The summed E-state index contributed by atoms with van der Waals surface area (Å²) < 4.78 is 31.1. The number of anilines is 1. The lowest BCUT2D eigenvalue weighted by molar-refractivity contribution is -0.146. The molecule has 0 spiro atoms. The quantitative estimate of drug-likeness (QED) is 0.847. The number of carbonyl (C=O) groups excluding carboxylic acids is 2. The van der Waals surface area contributed by atoms with Gasteiger partial charge in [-0.3, -0.25) is 14.5 Å².